The molecular weight excluding hydrogens is 544 g/mol. The summed E-state index contributed by atoms with van der Waals surface area (Å²) in [5.41, 5.74) is 0.782. The van der Waals surface area contributed by atoms with Gasteiger partial charge in [0.05, 0.1) is 12.5 Å². The van der Waals surface area contributed by atoms with E-state index in [0.717, 1.165) is 10.5 Å². The molecule has 1 N–H and O–H groups in total. The first-order valence-corrected chi connectivity index (χ1v) is 14.7. The molecule has 3 rings (SSSR count). The highest BCUT2D eigenvalue weighted by atomic mass is 16.6. The number of ether oxygens (including phenoxy) is 3. The lowest BCUT2D eigenvalue weighted by molar-refractivity contribution is -0.171. The number of urea groups is 1. The SMILES string of the molecule is CCOC(=O)NCCCC1C(=O)N(C(=O)N2CCN(C(=O)OC(C(C)C)C(C)C)CC2)C1C(=O)OCc1ccccc1. The molecule has 12 nitrogen and oxygen atoms in total. The second-order valence-corrected chi connectivity index (χ2v) is 11.2. The molecule has 232 valence electrons. The second-order valence-electron chi connectivity index (χ2n) is 11.2. The van der Waals surface area contributed by atoms with Crippen molar-refractivity contribution in [2.45, 2.75) is 66.2 Å². The fraction of sp³-hybridized carbons (Fsp3) is 0.633. The van der Waals surface area contributed by atoms with Crippen molar-refractivity contribution in [3.63, 3.8) is 0 Å². The van der Waals surface area contributed by atoms with Crippen LogP contribution in [0.4, 0.5) is 14.4 Å². The number of piperazine rings is 1. The highest BCUT2D eigenvalue weighted by molar-refractivity contribution is 6.07. The number of esters is 1. The predicted molar refractivity (Wildman–Crippen MR) is 153 cm³/mol. The number of likely N-dealkylation sites (tertiary alicyclic amines) is 1. The Morgan fingerprint density at radius 2 is 1.55 bits per heavy atom. The molecule has 0 aliphatic carbocycles. The van der Waals surface area contributed by atoms with E-state index in [2.05, 4.69) is 5.32 Å². The van der Waals surface area contributed by atoms with E-state index in [1.807, 2.05) is 58.0 Å². The molecule has 2 saturated heterocycles. The van der Waals surface area contributed by atoms with Crippen molar-refractivity contribution >= 4 is 30.1 Å². The molecule has 2 aliphatic heterocycles. The summed E-state index contributed by atoms with van der Waals surface area (Å²) in [6.07, 6.45) is -0.503. The minimum absolute atomic E-state index is 0.0120. The van der Waals surface area contributed by atoms with Crippen LogP contribution < -0.4 is 5.32 Å². The van der Waals surface area contributed by atoms with Gasteiger partial charge in [-0.1, -0.05) is 58.0 Å². The summed E-state index contributed by atoms with van der Waals surface area (Å²) < 4.78 is 16.1. The molecule has 1 aromatic rings. The summed E-state index contributed by atoms with van der Waals surface area (Å²) >= 11 is 0. The number of rotatable bonds is 11. The van der Waals surface area contributed by atoms with E-state index in [-0.39, 0.29) is 70.3 Å². The van der Waals surface area contributed by atoms with Crippen molar-refractivity contribution in [1.82, 2.24) is 20.0 Å². The van der Waals surface area contributed by atoms with Crippen LogP contribution in [0.25, 0.3) is 0 Å². The van der Waals surface area contributed by atoms with Gasteiger partial charge in [-0.15, -0.1) is 0 Å². The lowest BCUT2D eigenvalue weighted by Crippen LogP contribution is -2.69. The van der Waals surface area contributed by atoms with Gasteiger partial charge < -0.3 is 29.3 Å². The van der Waals surface area contributed by atoms with Crippen LogP contribution in [-0.4, -0.2) is 96.3 Å². The van der Waals surface area contributed by atoms with Crippen LogP contribution in [0, 0.1) is 17.8 Å². The van der Waals surface area contributed by atoms with Gasteiger partial charge in [-0.05, 0) is 37.2 Å². The van der Waals surface area contributed by atoms with Crippen LogP contribution in [0.15, 0.2) is 30.3 Å². The molecule has 2 aliphatic rings. The molecule has 0 bridgehead atoms. The Balaban J connectivity index is 1.61. The van der Waals surface area contributed by atoms with Crippen molar-refractivity contribution in [2.75, 3.05) is 39.3 Å². The van der Waals surface area contributed by atoms with Crippen LogP contribution in [-0.2, 0) is 30.4 Å². The quantitative estimate of drug-likeness (QED) is 0.179. The summed E-state index contributed by atoms with van der Waals surface area (Å²) in [6.45, 7) is 11.1. The third kappa shape index (κ3) is 8.36. The Hall–Kier alpha value is -3.83. The van der Waals surface area contributed by atoms with Crippen LogP contribution in [0.1, 0.15) is 53.0 Å². The van der Waals surface area contributed by atoms with Crippen LogP contribution in [0.2, 0.25) is 0 Å². The predicted octanol–water partition coefficient (Wildman–Crippen LogP) is 3.64. The minimum Gasteiger partial charge on any atom is -0.459 e. The van der Waals surface area contributed by atoms with Crippen molar-refractivity contribution in [3.05, 3.63) is 35.9 Å². The van der Waals surface area contributed by atoms with Gasteiger partial charge >= 0.3 is 24.2 Å². The third-order valence-corrected chi connectivity index (χ3v) is 7.48. The van der Waals surface area contributed by atoms with E-state index in [1.54, 1.807) is 11.8 Å². The third-order valence-electron chi connectivity index (χ3n) is 7.48. The molecule has 1 aromatic carbocycles. The van der Waals surface area contributed by atoms with E-state index in [1.165, 1.54) is 4.90 Å². The molecule has 5 amide bonds. The number of amides is 5. The zero-order chi connectivity index (χ0) is 30.8. The average Bonchev–Trinajstić information content (AvgIpc) is 2.97. The first-order valence-electron chi connectivity index (χ1n) is 14.7. The fourth-order valence-electron chi connectivity index (χ4n) is 5.29. The molecule has 0 saturated carbocycles. The van der Waals surface area contributed by atoms with Gasteiger partial charge in [0.15, 0.2) is 6.04 Å². The Morgan fingerprint density at radius 1 is 0.929 bits per heavy atom. The van der Waals surface area contributed by atoms with Crippen molar-refractivity contribution in [2.24, 2.45) is 17.8 Å². The molecule has 12 heteroatoms. The van der Waals surface area contributed by atoms with Crippen LogP contribution in [0.3, 0.4) is 0 Å². The molecule has 2 atom stereocenters. The Kier molecular flexibility index (Phi) is 12.0. The van der Waals surface area contributed by atoms with E-state index < -0.39 is 42.1 Å². The molecular formula is C30H44N4O8. The van der Waals surface area contributed by atoms with E-state index in [4.69, 9.17) is 14.2 Å². The summed E-state index contributed by atoms with van der Waals surface area (Å²) in [7, 11) is 0. The summed E-state index contributed by atoms with van der Waals surface area (Å²) in [5.74, 6) is -1.54. The Bertz CT molecular complexity index is 1080. The van der Waals surface area contributed by atoms with Gasteiger partial charge in [0.1, 0.15) is 12.7 Å². The highest BCUT2D eigenvalue weighted by Gasteiger charge is 2.56. The Labute approximate surface area is 247 Å². The van der Waals surface area contributed by atoms with E-state index >= 15 is 0 Å². The van der Waals surface area contributed by atoms with Gasteiger partial charge in [-0.25, -0.2) is 24.1 Å². The fourth-order valence-corrected chi connectivity index (χ4v) is 5.29. The van der Waals surface area contributed by atoms with Gasteiger partial charge in [0, 0.05) is 32.7 Å². The molecule has 2 fully saturated rings. The maximum atomic E-state index is 13.5. The van der Waals surface area contributed by atoms with E-state index in [0.29, 0.717) is 6.42 Å². The number of alkyl carbamates (subject to hydrolysis) is 1. The summed E-state index contributed by atoms with van der Waals surface area (Å²) in [6, 6.07) is 7.47. The number of nitrogens with zero attached hydrogens (tertiary/aromatic N) is 3. The number of nitrogens with one attached hydrogen (secondary N) is 1. The maximum absolute atomic E-state index is 13.5. The van der Waals surface area contributed by atoms with Crippen LogP contribution in [0.5, 0.6) is 0 Å². The minimum atomic E-state index is -1.07. The Morgan fingerprint density at radius 3 is 2.14 bits per heavy atom. The topological polar surface area (TPSA) is 135 Å². The number of hydrogen-bond acceptors (Lipinski definition) is 8. The first kappa shape index (κ1) is 32.7. The molecule has 2 heterocycles. The first-order chi connectivity index (χ1) is 20.0. The van der Waals surface area contributed by atoms with Crippen molar-refractivity contribution in [3.8, 4) is 0 Å². The van der Waals surface area contributed by atoms with Crippen LogP contribution >= 0.6 is 0 Å². The zero-order valence-electron chi connectivity index (χ0n) is 25.2. The largest absolute Gasteiger partial charge is 0.459 e. The monoisotopic (exact) mass is 588 g/mol. The standard InChI is InChI=1S/C30H44N4O8/c1-6-40-28(37)31-14-10-13-23-24(27(36)41-19-22-11-8-7-9-12-22)34(26(23)35)29(38)32-15-17-33(18-16-32)30(39)42-25(20(2)3)21(4)5/h7-9,11-12,20-21,23-25H,6,10,13-19H2,1-5H3,(H,31,37). The second kappa shape index (κ2) is 15.4. The highest BCUT2D eigenvalue weighted by Crippen LogP contribution is 2.33. The van der Waals surface area contributed by atoms with Gasteiger partial charge in [0.25, 0.3) is 0 Å². The summed E-state index contributed by atoms with van der Waals surface area (Å²) in [4.78, 5) is 68.1. The lowest BCUT2D eigenvalue weighted by atomic mass is 9.83. The van der Waals surface area contributed by atoms with Gasteiger partial charge in [-0.2, -0.15) is 0 Å². The summed E-state index contributed by atoms with van der Waals surface area (Å²) in [5, 5.41) is 2.60. The number of carbonyl (C=O) groups is 5. The molecule has 2 unspecified atom stereocenters. The maximum Gasteiger partial charge on any atom is 0.410 e. The molecule has 42 heavy (non-hydrogen) atoms. The molecule has 0 aromatic heterocycles. The smallest absolute Gasteiger partial charge is 0.410 e. The number of benzene rings is 1. The van der Waals surface area contributed by atoms with Gasteiger partial charge in [-0.3, -0.25) is 4.79 Å². The number of carbonyl (C=O) groups excluding carboxylic acids is 5. The normalized spacial score (nSPS) is 18.7. The number of β-lactam (4-membered cyclic amide) rings is 1. The number of hydrogen-bond donors (Lipinski definition) is 1. The zero-order valence-corrected chi connectivity index (χ0v) is 25.2. The van der Waals surface area contributed by atoms with E-state index in [9.17, 15) is 24.0 Å². The number of imide groups is 1. The van der Waals surface area contributed by atoms with Crippen molar-refractivity contribution < 1.29 is 38.2 Å². The molecule has 0 spiro atoms. The molecule has 0 radical (unpaired) electrons. The lowest BCUT2D eigenvalue weighted by Gasteiger charge is -2.46. The average molecular weight is 589 g/mol. The van der Waals surface area contributed by atoms with Crippen molar-refractivity contribution in [1.29, 1.82) is 0 Å². The van der Waals surface area contributed by atoms with Gasteiger partial charge in [0.2, 0.25) is 5.91 Å².